The maximum absolute atomic E-state index is 12.3. The van der Waals surface area contributed by atoms with Crippen molar-refractivity contribution >= 4 is 17.9 Å². The number of hydrogen-bond donors (Lipinski definition) is 0. The van der Waals surface area contributed by atoms with Crippen LogP contribution in [0.5, 0.6) is 0 Å². The molecule has 7 heteroatoms. The summed E-state index contributed by atoms with van der Waals surface area (Å²) in [6.07, 6.45) is -1.44. The van der Waals surface area contributed by atoms with Gasteiger partial charge in [-0.15, -0.1) is 0 Å². The first-order valence-electron chi connectivity index (χ1n) is 6.77. The number of rotatable bonds is 6. The van der Waals surface area contributed by atoms with Crippen LogP contribution in [0.15, 0.2) is 12.2 Å². The van der Waals surface area contributed by atoms with Crippen molar-refractivity contribution in [2.45, 2.75) is 26.9 Å². The summed E-state index contributed by atoms with van der Waals surface area (Å²) in [5.41, 5.74) is -1.88. The van der Waals surface area contributed by atoms with E-state index >= 15 is 0 Å². The Balaban J connectivity index is 3.28. The van der Waals surface area contributed by atoms with Gasteiger partial charge in [0, 0.05) is 0 Å². The molecule has 0 aliphatic carbocycles. The molecule has 0 saturated carbocycles. The fraction of sp³-hybridized carbons (Fsp3) is 0.643. The van der Waals surface area contributed by atoms with Crippen molar-refractivity contribution in [1.82, 2.24) is 0 Å². The fourth-order valence-electron chi connectivity index (χ4n) is 2.15. The van der Waals surface area contributed by atoms with Crippen LogP contribution in [0.2, 0.25) is 0 Å². The lowest BCUT2D eigenvalue weighted by atomic mass is 9.77. The van der Waals surface area contributed by atoms with Crippen LogP contribution in [0, 0.1) is 5.41 Å². The normalized spacial score (nSPS) is 20.0. The molecule has 1 saturated heterocycles. The van der Waals surface area contributed by atoms with Gasteiger partial charge in [-0.3, -0.25) is 9.59 Å². The number of carbonyl (C=O) groups is 3. The summed E-state index contributed by atoms with van der Waals surface area (Å²) < 4.78 is 20.0. The molecule has 1 unspecified atom stereocenters. The lowest BCUT2D eigenvalue weighted by Crippen LogP contribution is -2.52. The van der Waals surface area contributed by atoms with E-state index in [1.807, 2.05) is 0 Å². The third kappa shape index (κ3) is 2.92. The van der Waals surface area contributed by atoms with Gasteiger partial charge < -0.3 is 18.9 Å². The Morgan fingerprint density at radius 3 is 2.00 bits per heavy atom. The van der Waals surface area contributed by atoms with Gasteiger partial charge in [0.15, 0.2) is 6.10 Å². The summed E-state index contributed by atoms with van der Waals surface area (Å²) >= 11 is 0. The van der Waals surface area contributed by atoms with E-state index in [0.717, 1.165) is 0 Å². The summed E-state index contributed by atoms with van der Waals surface area (Å²) in [5.74, 6) is -2.65. The highest BCUT2D eigenvalue weighted by Gasteiger charge is 2.64. The monoisotopic (exact) mass is 300 g/mol. The zero-order valence-electron chi connectivity index (χ0n) is 12.5. The average molecular weight is 300 g/mol. The van der Waals surface area contributed by atoms with E-state index in [0.29, 0.717) is 0 Å². The highest BCUT2D eigenvalue weighted by Crippen LogP contribution is 2.42. The molecular weight excluding hydrogens is 280 g/mol. The van der Waals surface area contributed by atoms with Gasteiger partial charge >= 0.3 is 17.9 Å². The van der Waals surface area contributed by atoms with Crippen LogP contribution in [-0.2, 0) is 33.3 Å². The zero-order valence-corrected chi connectivity index (χ0v) is 12.5. The van der Waals surface area contributed by atoms with Crippen LogP contribution in [0.25, 0.3) is 0 Å². The SMILES string of the molecule is C=C1COC(C(=O)OCC)C1(C(=O)OCC)C(=O)OCC. The highest BCUT2D eigenvalue weighted by molar-refractivity contribution is 6.08. The quantitative estimate of drug-likeness (QED) is 0.307. The van der Waals surface area contributed by atoms with Crippen molar-refractivity contribution in [3.8, 4) is 0 Å². The van der Waals surface area contributed by atoms with Gasteiger partial charge in [-0.1, -0.05) is 6.58 Å². The van der Waals surface area contributed by atoms with Crippen molar-refractivity contribution < 1.29 is 33.3 Å². The smallest absolute Gasteiger partial charge is 0.337 e. The highest BCUT2D eigenvalue weighted by atomic mass is 16.6. The van der Waals surface area contributed by atoms with Crippen molar-refractivity contribution in [2.24, 2.45) is 5.41 Å². The second-order valence-corrected chi connectivity index (χ2v) is 4.30. The number of carbonyl (C=O) groups excluding carboxylic acids is 3. The zero-order chi connectivity index (χ0) is 16.0. The first kappa shape index (κ1) is 17.2. The second kappa shape index (κ2) is 7.21. The summed E-state index contributed by atoms with van der Waals surface area (Å²) in [7, 11) is 0. The molecule has 0 amide bonds. The van der Waals surface area contributed by atoms with Crippen molar-refractivity contribution in [3.05, 3.63) is 12.2 Å². The largest absolute Gasteiger partial charge is 0.465 e. The molecule has 7 nitrogen and oxygen atoms in total. The van der Waals surface area contributed by atoms with Crippen LogP contribution in [0.4, 0.5) is 0 Å². The number of esters is 3. The minimum atomic E-state index is -2.00. The van der Waals surface area contributed by atoms with Crippen LogP contribution in [0.1, 0.15) is 20.8 Å². The van der Waals surface area contributed by atoms with Crippen LogP contribution < -0.4 is 0 Å². The first-order valence-corrected chi connectivity index (χ1v) is 6.77. The molecule has 0 bridgehead atoms. The molecule has 0 aromatic rings. The minimum absolute atomic E-state index is 0.0445. The van der Waals surface area contributed by atoms with Gasteiger partial charge in [0.05, 0.1) is 26.4 Å². The fourth-order valence-corrected chi connectivity index (χ4v) is 2.15. The van der Waals surface area contributed by atoms with Crippen LogP contribution in [-0.4, -0.2) is 50.4 Å². The maximum Gasteiger partial charge on any atom is 0.337 e. The van der Waals surface area contributed by atoms with Crippen molar-refractivity contribution in [3.63, 3.8) is 0 Å². The Morgan fingerprint density at radius 2 is 1.57 bits per heavy atom. The Labute approximate surface area is 123 Å². The second-order valence-electron chi connectivity index (χ2n) is 4.30. The molecule has 1 fully saturated rings. The standard InChI is InChI=1S/C14H20O7/c1-5-18-11(15)10-14(9(4)8-21-10,12(16)19-6-2)13(17)20-7-3/h10H,4-8H2,1-3H3. The molecule has 0 N–H and O–H groups in total. The Morgan fingerprint density at radius 1 is 1.10 bits per heavy atom. The van der Waals surface area contributed by atoms with Gasteiger partial charge in [-0.2, -0.15) is 0 Å². The third-order valence-corrected chi connectivity index (χ3v) is 3.07. The number of ether oxygens (including phenoxy) is 4. The van der Waals surface area contributed by atoms with Gasteiger partial charge in [0.25, 0.3) is 0 Å². The minimum Gasteiger partial charge on any atom is -0.465 e. The summed E-state index contributed by atoms with van der Waals surface area (Å²) in [5, 5.41) is 0. The van der Waals surface area contributed by atoms with E-state index < -0.39 is 29.4 Å². The van der Waals surface area contributed by atoms with Crippen LogP contribution in [0.3, 0.4) is 0 Å². The Hall–Kier alpha value is -1.89. The summed E-state index contributed by atoms with van der Waals surface area (Å²) in [6.45, 7) is 8.52. The lowest BCUT2D eigenvalue weighted by Gasteiger charge is -2.28. The molecule has 1 heterocycles. The van der Waals surface area contributed by atoms with E-state index in [-0.39, 0.29) is 32.0 Å². The summed E-state index contributed by atoms with van der Waals surface area (Å²) in [4.78, 5) is 36.7. The van der Waals surface area contributed by atoms with Crippen molar-refractivity contribution in [1.29, 1.82) is 0 Å². The molecule has 1 aliphatic heterocycles. The van der Waals surface area contributed by atoms with E-state index in [1.54, 1.807) is 20.8 Å². The van der Waals surface area contributed by atoms with Gasteiger partial charge in [0.1, 0.15) is 0 Å². The molecule has 0 spiro atoms. The van der Waals surface area contributed by atoms with Gasteiger partial charge in [-0.25, -0.2) is 4.79 Å². The van der Waals surface area contributed by atoms with Crippen LogP contribution >= 0.6 is 0 Å². The Bertz CT molecular complexity index is 423. The Kier molecular flexibility index (Phi) is 5.90. The summed E-state index contributed by atoms with van der Waals surface area (Å²) in [6, 6.07) is 0. The molecule has 0 aromatic heterocycles. The molecule has 1 aliphatic rings. The van der Waals surface area contributed by atoms with E-state index in [9.17, 15) is 14.4 Å². The maximum atomic E-state index is 12.3. The van der Waals surface area contributed by atoms with Gasteiger partial charge in [-0.05, 0) is 26.3 Å². The first-order chi connectivity index (χ1) is 9.96. The lowest BCUT2D eigenvalue weighted by molar-refractivity contribution is -0.182. The van der Waals surface area contributed by atoms with E-state index in [4.69, 9.17) is 18.9 Å². The number of hydrogen-bond acceptors (Lipinski definition) is 7. The van der Waals surface area contributed by atoms with E-state index in [1.165, 1.54) is 0 Å². The molecule has 21 heavy (non-hydrogen) atoms. The predicted molar refractivity (Wildman–Crippen MR) is 71.2 cm³/mol. The topological polar surface area (TPSA) is 88.1 Å². The van der Waals surface area contributed by atoms with Crippen molar-refractivity contribution in [2.75, 3.05) is 26.4 Å². The third-order valence-electron chi connectivity index (χ3n) is 3.07. The average Bonchev–Trinajstić information content (AvgIpc) is 2.78. The molecule has 1 atom stereocenters. The molecule has 0 radical (unpaired) electrons. The molecule has 0 aromatic carbocycles. The molecule has 1 rings (SSSR count). The van der Waals surface area contributed by atoms with E-state index in [2.05, 4.69) is 6.58 Å². The van der Waals surface area contributed by atoms with Gasteiger partial charge in [0.2, 0.25) is 5.41 Å². The molecule has 118 valence electrons. The molecular formula is C14H20O7. The predicted octanol–water partition coefficient (Wildman–Crippen LogP) is 0.617.